The molecule has 0 spiro atoms. The first-order chi connectivity index (χ1) is 13.3. The zero-order chi connectivity index (χ0) is 18.5. The van der Waals surface area contributed by atoms with Crippen LogP contribution in [0, 0.1) is 0 Å². The van der Waals surface area contributed by atoms with Gasteiger partial charge in [0.15, 0.2) is 0 Å². The fourth-order valence-corrected chi connectivity index (χ4v) is 3.16. The molecule has 0 bridgehead atoms. The van der Waals surface area contributed by atoms with E-state index >= 15 is 0 Å². The average molecular weight is 359 g/mol. The summed E-state index contributed by atoms with van der Waals surface area (Å²) in [5.74, 6) is 0.371. The summed E-state index contributed by atoms with van der Waals surface area (Å²) in [6.07, 6.45) is 1.62. The van der Waals surface area contributed by atoms with Crippen LogP contribution in [0.25, 0.3) is 0 Å². The standard InChI is InChI=1S/C21H21N5O/c27-20(26-15-13-25(14-16-26)18-9-5-2-6-10-18)19-11-12-22-21(24-19)23-17-7-3-1-4-8-17/h1-12H,13-16H2,(H,22,23,24). The Morgan fingerprint density at radius 3 is 2.22 bits per heavy atom. The first-order valence-corrected chi connectivity index (χ1v) is 9.04. The molecular formula is C21H21N5O. The number of hydrogen-bond acceptors (Lipinski definition) is 5. The Kier molecular flexibility index (Phi) is 4.96. The summed E-state index contributed by atoms with van der Waals surface area (Å²) in [6, 6.07) is 21.6. The lowest BCUT2D eigenvalue weighted by Crippen LogP contribution is -2.49. The van der Waals surface area contributed by atoms with Crippen molar-refractivity contribution in [3.8, 4) is 0 Å². The van der Waals surface area contributed by atoms with Gasteiger partial charge >= 0.3 is 0 Å². The van der Waals surface area contributed by atoms with Gasteiger partial charge in [0.05, 0.1) is 0 Å². The van der Waals surface area contributed by atoms with Crippen LogP contribution in [0.3, 0.4) is 0 Å². The molecule has 1 N–H and O–H groups in total. The highest BCUT2D eigenvalue weighted by Crippen LogP contribution is 2.17. The van der Waals surface area contributed by atoms with Gasteiger partial charge in [0.2, 0.25) is 5.95 Å². The van der Waals surface area contributed by atoms with Gasteiger partial charge in [0.1, 0.15) is 5.69 Å². The Hall–Kier alpha value is -3.41. The molecule has 1 aromatic heterocycles. The number of aromatic nitrogens is 2. The zero-order valence-corrected chi connectivity index (χ0v) is 15.0. The summed E-state index contributed by atoms with van der Waals surface area (Å²) in [5.41, 5.74) is 2.50. The third-order valence-electron chi connectivity index (χ3n) is 4.59. The maximum absolute atomic E-state index is 12.8. The van der Waals surface area contributed by atoms with Crippen molar-refractivity contribution in [2.45, 2.75) is 0 Å². The smallest absolute Gasteiger partial charge is 0.272 e. The number of rotatable bonds is 4. The van der Waals surface area contributed by atoms with Crippen LogP contribution in [-0.2, 0) is 0 Å². The monoisotopic (exact) mass is 359 g/mol. The summed E-state index contributed by atoms with van der Waals surface area (Å²) < 4.78 is 0. The van der Waals surface area contributed by atoms with E-state index in [0.717, 1.165) is 18.8 Å². The van der Waals surface area contributed by atoms with Gasteiger partial charge in [-0.25, -0.2) is 9.97 Å². The summed E-state index contributed by atoms with van der Waals surface area (Å²) >= 11 is 0. The number of anilines is 3. The first-order valence-electron chi connectivity index (χ1n) is 9.04. The van der Waals surface area contributed by atoms with Crippen LogP contribution in [0.4, 0.5) is 17.3 Å². The minimum atomic E-state index is -0.0544. The molecule has 0 radical (unpaired) electrons. The number of nitrogens with one attached hydrogen (secondary N) is 1. The summed E-state index contributed by atoms with van der Waals surface area (Å²) in [7, 11) is 0. The van der Waals surface area contributed by atoms with Crippen molar-refractivity contribution in [3.05, 3.63) is 78.6 Å². The lowest BCUT2D eigenvalue weighted by molar-refractivity contribution is 0.0741. The van der Waals surface area contributed by atoms with Gasteiger partial charge in [-0.05, 0) is 30.3 Å². The number of carbonyl (C=O) groups is 1. The second kappa shape index (κ2) is 7.86. The molecule has 0 saturated carbocycles. The quantitative estimate of drug-likeness (QED) is 0.775. The number of nitrogens with zero attached hydrogens (tertiary/aromatic N) is 4. The van der Waals surface area contributed by atoms with Crippen LogP contribution in [0.5, 0.6) is 0 Å². The maximum Gasteiger partial charge on any atom is 0.272 e. The third-order valence-corrected chi connectivity index (χ3v) is 4.59. The Morgan fingerprint density at radius 1 is 0.852 bits per heavy atom. The SMILES string of the molecule is O=C(c1ccnc(Nc2ccccc2)n1)N1CCN(c2ccccc2)CC1. The zero-order valence-electron chi connectivity index (χ0n) is 15.0. The Balaban J connectivity index is 1.41. The molecule has 1 aliphatic heterocycles. The topological polar surface area (TPSA) is 61.4 Å². The van der Waals surface area contributed by atoms with Gasteiger partial charge in [0, 0.05) is 43.8 Å². The molecule has 4 rings (SSSR count). The third kappa shape index (κ3) is 4.06. The van der Waals surface area contributed by atoms with Gasteiger partial charge in [-0.3, -0.25) is 4.79 Å². The molecule has 1 saturated heterocycles. The van der Waals surface area contributed by atoms with E-state index in [1.54, 1.807) is 12.3 Å². The van der Waals surface area contributed by atoms with Crippen LogP contribution >= 0.6 is 0 Å². The molecule has 2 aromatic carbocycles. The Morgan fingerprint density at radius 2 is 1.52 bits per heavy atom. The highest BCUT2D eigenvalue weighted by molar-refractivity contribution is 5.92. The molecule has 0 atom stereocenters. The van der Waals surface area contributed by atoms with E-state index in [9.17, 15) is 4.79 Å². The van der Waals surface area contributed by atoms with Crippen LogP contribution in [-0.4, -0.2) is 47.0 Å². The summed E-state index contributed by atoms with van der Waals surface area (Å²) in [4.78, 5) is 25.6. The summed E-state index contributed by atoms with van der Waals surface area (Å²) in [6.45, 7) is 2.99. The number of benzene rings is 2. The molecule has 27 heavy (non-hydrogen) atoms. The van der Waals surface area contributed by atoms with E-state index in [0.29, 0.717) is 24.7 Å². The molecule has 6 heteroatoms. The molecule has 1 aliphatic rings. The molecule has 1 fully saturated rings. The van der Waals surface area contributed by atoms with Gasteiger partial charge in [0.25, 0.3) is 5.91 Å². The van der Waals surface area contributed by atoms with E-state index in [-0.39, 0.29) is 5.91 Å². The Bertz CT molecular complexity index is 893. The average Bonchev–Trinajstić information content (AvgIpc) is 2.75. The lowest BCUT2D eigenvalue weighted by atomic mass is 10.2. The molecule has 1 amide bonds. The second-order valence-corrected chi connectivity index (χ2v) is 6.37. The highest BCUT2D eigenvalue weighted by atomic mass is 16.2. The van der Waals surface area contributed by atoms with Crippen molar-refractivity contribution < 1.29 is 4.79 Å². The van der Waals surface area contributed by atoms with E-state index in [1.165, 1.54) is 5.69 Å². The minimum absolute atomic E-state index is 0.0544. The fraction of sp³-hybridized carbons (Fsp3) is 0.190. The number of piperazine rings is 1. The van der Waals surface area contributed by atoms with Crippen LogP contribution in [0.1, 0.15) is 10.5 Å². The maximum atomic E-state index is 12.8. The number of hydrogen-bond donors (Lipinski definition) is 1. The van der Waals surface area contributed by atoms with Crippen molar-refractivity contribution in [3.63, 3.8) is 0 Å². The van der Waals surface area contributed by atoms with Crippen LogP contribution < -0.4 is 10.2 Å². The number of para-hydroxylation sites is 2. The minimum Gasteiger partial charge on any atom is -0.368 e. The van der Waals surface area contributed by atoms with E-state index in [4.69, 9.17) is 0 Å². The van der Waals surface area contributed by atoms with E-state index in [1.807, 2.05) is 53.4 Å². The highest BCUT2D eigenvalue weighted by Gasteiger charge is 2.23. The van der Waals surface area contributed by atoms with Crippen molar-refractivity contribution >= 4 is 23.2 Å². The Labute approximate surface area is 158 Å². The molecule has 136 valence electrons. The molecule has 6 nitrogen and oxygen atoms in total. The molecule has 0 unspecified atom stereocenters. The molecule has 0 aliphatic carbocycles. The largest absolute Gasteiger partial charge is 0.368 e. The van der Waals surface area contributed by atoms with Crippen molar-refractivity contribution in [2.24, 2.45) is 0 Å². The lowest BCUT2D eigenvalue weighted by Gasteiger charge is -2.36. The fourth-order valence-electron chi connectivity index (χ4n) is 3.16. The van der Waals surface area contributed by atoms with Crippen molar-refractivity contribution in [2.75, 3.05) is 36.4 Å². The van der Waals surface area contributed by atoms with Crippen molar-refractivity contribution in [1.82, 2.24) is 14.9 Å². The normalized spacial score (nSPS) is 14.1. The van der Waals surface area contributed by atoms with Gasteiger partial charge in [-0.2, -0.15) is 0 Å². The summed E-state index contributed by atoms with van der Waals surface area (Å²) in [5, 5.41) is 3.13. The molecule has 3 aromatic rings. The first kappa shape index (κ1) is 17.0. The molecule has 2 heterocycles. The van der Waals surface area contributed by atoms with Gasteiger partial charge in [-0.1, -0.05) is 36.4 Å². The molecular weight excluding hydrogens is 338 g/mol. The predicted octanol–water partition coefficient (Wildman–Crippen LogP) is 3.18. The van der Waals surface area contributed by atoms with E-state index < -0.39 is 0 Å². The van der Waals surface area contributed by atoms with Crippen LogP contribution in [0.15, 0.2) is 72.9 Å². The van der Waals surface area contributed by atoms with E-state index in [2.05, 4.69) is 32.3 Å². The number of carbonyl (C=O) groups excluding carboxylic acids is 1. The van der Waals surface area contributed by atoms with Crippen LogP contribution in [0.2, 0.25) is 0 Å². The second-order valence-electron chi connectivity index (χ2n) is 6.37. The van der Waals surface area contributed by atoms with Gasteiger partial charge < -0.3 is 15.1 Å². The van der Waals surface area contributed by atoms with Crippen molar-refractivity contribution in [1.29, 1.82) is 0 Å². The van der Waals surface area contributed by atoms with Gasteiger partial charge in [-0.15, -0.1) is 0 Å². The number of amides is 1. The predicted molar refractivity (Wildman–Crippen MR) is 106 cm³/mol.